The number of fused-ring (bicyclic) bond motifs is 1. The van der Waals surface area contributed by atoms with E-state index in [1.165, 1.54) is 0 Å². The first-order valence-electron chi connectivity index (χ1n) is 9.20. The Labute approximate surface area is 167 Å². The molecule has 0 aliphatic rings. The summed E-state index contributed by atoms with van der Waals surface area (Å²) in [5.41, 5.74) is 4.20. The van der Waals surface area contributed by atoms with E-state index in [2.05, 4.69) is 20.4 Å². The zero-order chi connectivity index (χ0) is 19.5. The third kappa shape index (κ3) is 3.64. The number of hydrogen-bond donors (Lipinski definition) is 2. The van der Waals surface area contributed by atoms with Gasteiger partial charge in [-0.3, -0.25) is 4.79 Å². The monoisotopic (exact) mass is 393 g/mol. The van der Waals surface area contributed by atoms with Crippen molar-refractivity contribution >= 4 is 28.5 Å². The average Bonchev–Trinajstić information content (AvgIpc) is 3.31. The van der Waals surface area contributed by atoms with Crippen LogP contribution in [-0.2, 0) is 12.8 Å². The number of hydrogen-bond acceptors (Lipinski definition) is 3. The Morgan fingerprint density at radius 3 is 2.86 bits per heavy atom. The summed E-state index contributed by atoms with van der Waals surface area (Å²) in [5, 5.41) is 7.99. The largest absolute Gasteiger partial charge is 0.351 e. The molecule has 7 heteroatoms. The number of rotatable bonds is 6. The quantitative estimate of drug-likeness (QED) is 0.521. The van der Waals surface area contributed by atoms with Crippen molar-refractivity contribution in [2.75, 3.05) is 6.54 Å². The van der Waals surface area contributed by atoms with Crippen molar-refractivity contribution in [2.45, 2.75) is 19.8 Å². The van der Waals surface area contributed by atoms with Crippen LogP contribution in [0, 0.1) is 0 Å². The topological polar surface area (TPSA) is 75.6 Å². The summed E-state index contributed by atoms with van der Waals surface area (Å²) in [5.74, 6) is 0.716. The second-order valence-corrected chi connectivity index (χ2v) is 6.89. The number of benzene rings is 2. The summed E-state index contributed by atoms with van der Waals surface area (Å²) in [4.78, 5) is 20.5. The van der Waals surface area contributed by atoms with Crippen LogP contribution in [0.5, 0.6) is 0 Å². The normalized spacial score (nSPS) is 11.1. The van der Waals surface area contributed by atoms with Gasteiger partial charge in [-0.2, -0.15) is 5.10 Å². The van der Waals surface area contributed by atoms with E-state index in [-0.39, 0.29) is 5.91 Å². The molecule has 0 radical (unpaired) electrons. The molecule has 2 aromatic carbocycles. The fourth-order valence-electron chi connectivity index (χ4n) is 3.25. The van der Waals surface area contributed by atoms with Crippen molar-refractivity contribution in [3.05, 3.63) is 76.8 Å². The Kier molecular flexibility index (Phi) is 5.12. The minimum atomic E-state index is -0.138. The molecule has 0 unspecified atom stereocenters. The van der Waals surface area contributed by atoms with E-state index in [0.717, 1.165) is 28.2 Å². The van der Waals surface area contributed by atoms with Gasteiger partial charge < -0.3 is 10.3 Å². The lowest BCUT2D eigenvalue weighted by Crippen LogP contribution is -2.26. The third-order valence-electron chi connectivity index (χ3n) is 4.59. The SMILES string of the molecule is CCc1c(C(=O)NCCc2nc3ccccc3[nH]2)cnn1-c1cccc(Cl)c1. The highest BCUT2D eigenvalue weighted by Crippen LogP contribution is 2.19. The van der Waals surface area contributed by atoms with Crippen molar-refractivity contribution in [2.24, 2.45) is 0 Å². The van der Waals surface area contributed by atoms with Crippen LogP contribution < -0.4 is 5.32 Å². The van der Waals surface area contributed by atoms with E-state index in [1.54, 1.807) is 10.9 Å². The summed E-state index contributed by atoms with van der Waals surface area (Å²) in [7, 11) is 0. The minimum absolute atomic E-state index is 0.138. The lowest BCUT2D eigenvalue weighted by atomic mass is 10.2. The highest BCUT2D eigenvalue weighted by atomic mass is 35.5. The van der Waals surface area contributed by atoms with Crippen molar-refractivity contribution in [1.82, 2.24) is 25.1 Å². The fourth-order valence-corrected chi connectivity index (χ4v) is 3.43. The summed E-state index contributed by atoms with van der Waals surface area (Å²) >= 11 is 6.09. The molecular formula is C21H20ClN5O. The molecule has 28 heavy (non-hydrogen) atoms. The minimum Gasteiger partial charge on any atom is -0.351 e. The van der Waals surface area contributed by atoms with Gasteiger partial charge in [0.15, 0.2) is 0 Å². The van der Waals surface area contributed by atoms with E-state index in [0.29, 0.717) is 30.0 Å². The lowest BCUT2D eigenvalue weighted by Gasteiger charge is -2.08. The van der Waals surface area contributed by atoms with Crippen molar-refractivity contribution in [3.63, 3.8) is 0 Å². The van der Waals surface area contributed by atoms with Gasteiger partial charge in [0.1, 0.15) is 5.82 Å². The molecule has 6 nitrogen and oxygen atoms in total. The molecule has 2 aromatic heterocycles. The molecule has 0 bridgehead atoms. The number of imidazole rings is 1. The van der Waals surface area contributed by atoms with Gasteiger partial charge in [-0.15, -0.1) is 0 Å². The van der Waals surface area contributed by atoms with Crippen molar-refractivity contribution in [1.29, 1.82) is 0 Å². The Morgan fingerprint density at radius 1 is 1.21 bits per heavy atom. The van der Waals surface area contributed by atoms with Crippen LogP contribution in [0.25, 0.3) is 16.7 Å². The van der Waals surface area contributed by atoms with Gasteiger partial charge in [-0.25, -0.2) is 9.67 Å². The molecule has 0 fully saturated rings. The third-order valence-corrected chi connectivity index (χ3v) is 4.82. The molecule has 142 valence electrons. The van der Waals surface area contributed by atoms with Gasteiger partial charge in [-0.1, -0.05) is 36.7 Å². The van der Waals surface area contributed by atoms with Crippen LogP contribution in [0.15, 0.2) is 54.7 Å². The summed E-state index contributed by atoms with van der Waals surface area (Å²) in [6.45, 7) is 2.49. The number of halogens is 1. The number of nitrogens with zero attached hydrogens (tertiary/aromatic N) is 3. The van der Waals surface area contributed by atoms with Crippen LogP contribution in [0.3, 0.4) is 0 Å². The molecular weight excluding hydrogens is 374 g/mol. The number of amides is 1. The number of aromatic amines is 1. The fraction of sp³-hybridized carbons (Fsp3) is 0.190. The number of carbonyl (C=O) groups is 1. The second-order valence-electron chi connectivity index (χ2n) is 6.46. The Bertz CT molecular complexity index is 1100. The van der Waals surface area contributed by atoms with Crippen LogP contribution >= 0.6 is 11.6 Å². The van der Waals surface area contributed by atoms with Gasteiger partial charge in [0.2, 0.25) is 0 Å². The summed E-state index contributed by atoms with van der Waals surface area (Å²) in [6, 6.07) is 15.3. The summed E-state index contributed by atoms with van der Waals surface area (Å²) in [6.07, 6.45) is 2.92. The Morgan fingerprint density at radius 2 is 2.07 bits per heavy atom. The van der Waals surface area contributed by atoms with Gasteiger partial charge in [0.25, 0.3) is 5.91 Å². The van der Waals surface area contributed by atoms with Gasteiger partial charge in [0.05, 0.1) is 34.2 Å². The highest BCUT2D eigenvalue weighted by molar-refractivity contribution is 6.30. The predicted molar refractivity (Wildman–Crippen MR) is 110 cm³/mol. The Hall–Kier alpha value is -3.12. The van der Waals surface area contributed by atoms with E-state index in [9.17, 15) is 4.79 Å². The zero-order valence-electron chi connectivity index (χ0n) is 15.4. The number of H-pyrrole nitrogens is 1. The van der Waals surface area contributed by atoms with Gasteiger partial charge in [-0.05, 0) is 36.8 Å². The highest BCUT2D eigenvalue weighted by Gasteiger charge is 2.17. The number of para-hydroxylation sites is 2. The van der Waals surface area contributed by atoms with Crippen molar-refractivity contribution in [3.8, 4) is 5.69 Å². The van der Waals surface area contributed by atoms with Crippen LogP contribution in [0.4, 0.5) is 0 Å². The molecule has 0 saturated carbocycles. The van der Waals surface area contributed by atoms with Gasteiger partial charge in [0, 0.05) is 18.0 Å². The van der Waals surface area contributed by atoms with Crippen LogP contribution in [0.1, 0.15) is 28.8 Å². The van der Waals surface area contributed by atoms with Gasteiger partial charge >= 0.3 is 0 Å². The second kappa shape index (κ2) is 7.86. The molecule has 0 atom stereocenters. The number of carbonyl (C=O) groups excluding carboxylic acids is 1. The van der Waals surface area contributed by atoms with E-state index >= 15 is 0 Å². The molecule has 4 rings (SSSR count). The summed E-state index contributed by atoms with van der Waals surface area (Å²) < 4.78 is 1.76. The smallest absolute Gasteiger partial charge is 0.254 e. The first-order chi connectivity index (χ1) is 13.7. The van der Waals surface area contributed by atoms with E-state index in [1.807, 2.05) is 55.5 Å². The maximum atomic E-state index is 12.7. The molecule has 1 amide bonds. The molecule has 0 aliphatic heterocycles. The zero-order valence-corrected chi connectivity index (χ0v) is 16.2. The molecule has 4 aromatic rings. The first kappa shape index (κ1) is 18.3. The molecule has 2 N–H and O–H groups in total. The maximum absolute atomic E-state index is 12.7. The van der Waals surface area contributed by atoms with E-state index in [4.69, 9.17) is 11.6 Å². The molecule has 0 aliphatic carbocycles. The maximum Gasteiger partial charge on any atom is 0.254 e. The van der Waals surface area contributed by atoms with Crippen molar-refractivity contribution < 1.29 is 4.79 Å². The average molecular weight is 394 g/mol. The van der Waals surface area contributed by atoms with E-state index < -0.39 is 0 Å². The van der Waals surface area contributed by atoms with Crippen LogP contribution in [-0.4, -0.2) is 32.2 Å². The molecule has 2 heterocycles. The first-order valence-corrected chi connectivity index (χ1v) is 9.58. The lowest BCUT2D eigenvalue weighted by molar-refractivity contribution is 0.0953. The standard InChI is InChI=1S/C21H20ClN5O/c1-2-19-16(13-24-27(19)15-7-5-6-14(22)12-15)21(28)23-11-10-20-25-17-8-3-4-9-18(17)26-20/h3-9,12-13H,2,10-11H2,1H3,(H,23,28)(H,25,26). The molecule has 0 saturated heterocycles. The Balaban J connectivity index is 1.46. The van der Waals surface area contributed by atoms with Crippen LogP contribution in [0.2, 0.25) is 5.02 Å². The number of aromatic nitrogens is 4. The number of nitrogens with one attached hydrogen (secondary N) is 2. The predicted octanol–water partition coefficient (Wildman–Crippen LogP) is 3.94. The molecule has 0 spiro atoms.